The molecule has 2 aliphatic rings. The molecular formula is C13H22N4O2S2. The van der Waals surface area contributed by atoms with Crippen molar-refractivity contribution in [3.63, 3.8) is 0 Å². The van der Waals surface area contributed by atoms with Crippen molar-refractivity contribution in [3.05, 3.63) is 12.4 Å². The van der Waals surface area contributed by atoms with Crippen LogP contribution in [-0.2, 0) is 16.6 Å². The van der Waals surface area contributed by atoms with Crippen molar-refractivity contribution < 1.29 is 8.42 Å². The van der Waals surface area contributed by atoms with Crippen molar-refractivity contribution in [1.82, 2.24) is 19.4 Å². The second-order valence-electron chi connectivity index (χ2n) is 5.71. The maximum Gasteiger partial charge on any atom is 0.246 e. The van der Waals surface area contributed by atoms with Crippen LogP contribution in [0.3, 0.4) is 0 Å². The van der Waals surface area contributed by atoms with Crippen LogP contribution in [0, 0.1) is 0 Å². The van der Waals surface area contributed by atoms with Gasteiger partial charge in [0.2, 0.25) is 10.0 Å². The molecule has 21 heavy (non-hydrogen) atoms. The van der Waals surface area contributed by atoms with Crippen LogP contribution in [0.5, 0.6) is 0 Å². The van der Waals surface area contributed by atoms with E-state index in [1.165, 1.54) is 19.0 Å². The minimum absolute atomic E-state index is 0.313. The van der Waals surface area contributed by atoms with E-state index in [1.807, 2.05) is 11.8 Å². The van der Waals surface area contributed by atoms with Crippen LogP contribution >= 0.6 is 11.8 Å². The van der Waals surface area contributed by atoms with Gasteiger partial charge in [0, 0.05) is 42.9 Å². The highest BCUT2D eigenvalue weighted by Gasteiger charge is 2.30. The van der Waals surface area contributed by atoms with Crippen molar-refractivity contribution in [1.29, 1.82) is 0 Å². The number of sulfonamides is 1. The Balaban J connectivity index is 1.62. The molecule has 2 heterocycles. The molecule has 1 saturated heterocycles. The van der Waals surface area contributed by atoms with E-state index in [9.17, 15) is 8.42 Å². The summed E-state index contributed by atoms with van der Waals surface area (Å²) in [5, 5.41) is 7.93. The molecule has 8 heteroatoms. The van der Waals surface area contributed by atoms with E-state index in [0.717, 1.165) is 12.3 Å². The molecule has 1 aliphatic heterocycles. The van der Waals surface area contributed by atoms with Gasteiger partial charge in [-0.05, 0) is 12.8 Å². The molecule has 0 amide bonds. The highest BCUT2D eigenvalue weighted by molar-refractivity contribution is 8.00. The highest BCUT2D eigenvalue weighted by atomic mass is 32.2. The van der Waals surface area contributed by atoms with Gasteiger partial charge in [0.25, 0.3) is 0 Å². The van der Waals surface area contributed by atoms with Crippen LogP contribution in [-0.4, -0.2) is 59.2 Å². The van der Waals surface area contributed by atoms with Gasteiger partial charge in [-0.25, -0.2) is 8.42 Å². The number of hydrogen-bond donors (Lipinski definition) is 1. The van der Waals surface area contributed by atoms with E-state index in [4.69, 9.17) is 0 Å². The lowest BCUT2D eigenvalue weighted by Gasteiger charge is -2.29. The number of rotatable bonds is 6. The summed E-state index contributed by atoms with van der Waals surface area (Å²) >= 11 is 1.82. The Hall–Kier alpha value is -0.570. The highest BCUT2D eigenvalue weighted by Crippen LogP contribution is 2.24. The van der Waals surface area contributed by atoms with Crippen molar-refractivity contribution in [2.75, 3.05) is 25.4 Å². The second-order valence-corrected chi connectivity index (χ2v) is 9.20. The number of nitrogens with one attached hydrogen (secondary N) is 1. The first-order valence-electron chi connectivity index (χ1n) is 7.43. The van der Waals surface area contributed by atoms with E-state index in [0.29, 0.717) is 35.8 Å². The van der Waals surface area contributed by atoms with Gasteiger partial charge < -0.3 is 5.32 Å². The van der Waals surface area contributed by atoms with Gasteiger partial charge in [-0.15, -0.1) is 0 Å². The molecule has 0 bridgehead atoms. The molecular weight excluding hydrogens is 308 g/mol. The summed E-state index contributed by atoms with van der Waals surface area (Å²) in [5.41, 5.74) is 0. The molecule has 3 rings (SSSR count). The van der Waals surface area contributed by atoms with E-state index in [1.54, 1.807) is 15.2 Å². The quantitative estimate of drug-likeness (QED) is 0.834. The normalized spacial score (nSPS) is 24.3. The molecule has 1 aromatic rings. The Labute approximate surface area is 130 Å². The van der Waals surface area contributed by atoms with Crippen molar-refractivity contribution in [2.45, 2.75) is 42.5 Å². The largest absolute Gasteiger partial charge is 0.312 e. The third kappa shape index (κ3) is 3.80. The molecule has 0 aromatic carbocycles. The first kappa shape index (κ1) is 15.3. The molecule has 1 atom stereocenters. The van der Waals surface area contributed by atoms with Crippen LogP contribution in [0.2, 0.25) is 0 Å². The van der Waals surface area contributed by atoms with Gasteiger partial charge in [-0.2, -0.15) is 21.2 Å². The van der Waals surface area contributed by atoms with Crippen LogP contribution in [0.4, 0.5) is 0 Å². The molecule has 2 fully saturated rings. The number of hydrogen-bond acceptors (Lipinski definition) is 5. The molecule has 1 saturated carbocycles. The summed E-state index contributed by atoms with van der Waals surface area (Å²) in [6, 6.07) is 0.663. The molecule has 1 unspecified atom stereocenters. The van der Waals surface area contributed by atoms with E-state index in [-0.39, 0.29) is 0 Å². The summed E-state index contributed by atoms with van der Waals surface area (Å²) in [6.45, 7) is 4.79. The van der Waals surface area contributed by atoms with Gasteiger partial charge in [-0.1, -0.05) is 6.92 Å². The molecule has 0 spiro atoms. The lowest BCUT2D eigenvalue weighted by molar-refractivity contribution is 0.424. The zero-order valence-corrected chi connectivity index (χ0v) is 13.9. The zero-order valence-electron chi connectivity index (χ0n) is 12.2. The number of nitrogens with zero attached hydrogens (tertiary/aromatic N) is 3. The Morgan fingerprint density at radius 3 is 3.00 bits per heavy atom. The van der Waals surface area contributed by atoms with Crippen molar-refractivity contribution >= 4 is 21.8 Å². The summed E-state index contributed by atoms with van der Waals surface area (Å²) in [4.78, 5) is 0.313. The topological polar surface area (TPSA) is 67.2 Å². The predicted octanol–water partition coefficient (Wildman–Crippen LogP) is 0.761. The average molecular weight is 330 g/mol. The van der Waals surface area contributed by atoms with Crippen LogP contribution in [0.15, 0.2) is 17.3 Å². The number of aromatic nitrogens is 2. The van der Waals surface area contributed by atoms with Gasteiger partial charge >= 0.3 is 0 Å². The Kier molecular flexibility index (Phi) is 4.58. The van der Waals surface area contributed by atoms with Crippen molar-refractivity contribution in [3.8, 4) is 0 Å². The maximum atomic E-state index is 12.6. The first-order valence-corrected chi connectivity index (χ1v) is 9.92. The van der Waals surface area contributed by atoms with Gasteiger partial charge in [-0.3, -0.25) is 4.68 Å². The fraction of sp³-hybridized carbons (Fsp3) is 0.769. The Morgan fingerprint density at radius 2 is 2.29 bits per heavy atom. The minimum Gasteiger partial charge on any atom is -0.312 e. The standard InChI is InChI=1S/C13H22N4O2S2/c1-11-9-17(6-7-20-11)21(18,19)13-8-15-16(10-13)5-4-14-12-2-3-12/h8,10-12,14H,2-7,9H2,1H3. The third-order valence-corrected chi connectivity index (χ3v) is 6.76. The monoisotopic (exact) mass is 330 g/mol. The lowest BCUT2D eigenvalue weighted by Crippen LogP contribution is -2.40. The van der Waals surface area contributed by atoms with Gasteiger partial charge in [0.1, 0.15) is 4.90 Å². The molecule has 0 radical (unpaired) electrons. The van der Waals surface area contributed by atoms with Crippen LogP contribution < -0.4 is 5.32 Å². The van der Waals surface area contributed by atoms with E-state index < -0.39 is 10.0 Å². The fourth-order valence-corrected chi connectivity index (χ4v) is 5.13. The van der Waals surface area contributed by atoms with Crippen LogP contribution in [0.1, 0.15) is 19.8 Å². The van der Waals surface area contributed by atoms with Crippen molar-refractivity contribution in [2.24, 2.45) is 0 Å². The molecule has 6 nitrogen and oxygen atoms in total. The molecule has 1 aromatic heterocycles. The van der Waals surface area contributed by atoms with Gasteiger partial charge in [0.05, 0.1) is 12.7 Å². The Morgan fingerprint density at radius 1 is 1.48 bits per heavy atom. The minimum atomic E-state index is -3.39. The van der Waals surface area contributed by atoms with Gasteiger partial charge in [0.15, 0.2) is 0 Å². The van der Waals surface area contributed by atoms with E-state index in [2.05, 4.69) is 17.3 Å². The van der Waals surface area contributed by atoms with Crippen LogP contribution in [0.25, 0.3) is 0 Å². The predicted molar refractivity (Wildman–Crippen MR) is 83.9 cm³/mol. The summed E-state index contributed by atoms with van der Waals surface area (Å²) in [5.74, 6) is 0.861. The fourth-order valence-electron chi connectivity index (χ4n) is 2.42. The smallest absolute Gasteiger partial charge is 0.246 e. The maximum absolute atomic E-state index is 12.6. The summed E-state index contributed by atoms with van der Waals surface area (Å²) in [6.07, 6.45) is 5.63. The molecule has 1 aliphatic carbocycles. The Bertz CT molecular complexity index is 583. The van der Waals surface area contributed by atoms with E-state index >= 15 is 0 Å². The number of thioether (sulfide) groups is 1. The third-order valence-electron chi connectivity index (χ3n) is 3.80. The summed E-state index contributed by atoms with van der Waals surface area (Å²) in [7, 11) is -3.39. The SMILES string of the molecule is CC1CN(S(=O)(=O)c2cnn(CCNC3CC3)c2)CCS1. The average Bonchev–Trinajstić information content (AvgIpc) is 3.14. The summed E-state index contributed by atoms with van der Waals surface area (Å²) < 4.78 is 28.5. The molecule has 118 valence electrons. The first-order chi connectivity index (χ1) is 10.1. The second kappa shape index (κ2) is 6.28. The zero-order chi connectivity index (χ0) is 14.9. The molecule has 1 N–H and O–H groups in total. The lowest BCUT2D eigenvalue weighted by atomic mass is 10.4.